The zero-order valence-corrected chi connectivity index (χ0v) is 14.9. The minimum Gasteiger partial charge on any atom is -0.361 e. The van der Waals surface area contributed by atoms with E-state index in [0.29, 0.717) is 16.5 Å². The molecule has 0 unspecified atom stereocenters. The summed E-state index contributed by atoms with van der Waals surface area (Å²) in [4.78, 5) is 14.1. The van der Waals surface area contributed by atoms with E-state index < -0.39 is 15.1 Å². The van der Waals surface area contributed by atoms with Gasteiger partial charge in [0.1, 0.15) is 11.0 Å². The number of carbonyl (C=O) groups excluding carboxylic acids is 1. The zero-order valence-electron chi connectivity index (χ0n) is 13.3. The van der Waals surface area contributed by atoms with Crippen LogP contribution in [0.2, 0.25) is 5.02 Å². The molecule has 0 atom stereocenters. The Morgan fingerprint density at radius 1 is 1.29 bits per heavy atom. The molecule has 1 aromatic heterocycles. The van der Waals surface area contributed by atoms with Crippen molar-refractivity contribution in [1.82, 2.24) is 10.1 Å². The number of amides is 1. The van der Waals surface area contributed by atoms with Gasteiger partial charge in [-0.25, -0.2) is 8.42 Å². The maximum absolute atomic E-state index is 12.5. The molecule has 1 fully saturated rings. The first-order valence-corrected chi connectivity index (χ1v) is 9.40. The number of sulfone groups is 1. The number of aryl methyl sites for hydroxylation is 2. The Bertz CT molecular complexity index is 848. The normalized spacial score (nSPS) is 15.4. The van der Waals surface area contributed by atoms with Crippen LogP contribution in [0.5, 0.6) is 0 Å². The Morgan fingerprint density at radius 2 is 1.92 bits per heavy atom. The van der Waals surface area contributed by atoms with Gasteiger partial charge in [-0.3, -0.25) is 4.79 Å². The third-order valence-electron chi connectivity index (χ3n) is 4.29. The molecule has 24 heavy (non-hydrogen) atoms. The quantitative estimate of drug-likeness (QED) is 0.826. The van der Waals surface area contributed by atoms with Gasteiger partial charge in [-0.05, 0) is 38.1 Å². The van der Waals surface area contributed by atoms with Crippen LogP contribution in [0.25, 0.3) is 0 Å². The highest BCUT2D eigenvalue weighted by molar-refractivity contribution is 7.92. The van der Waals surface area contributed by atoms with Crippen molar-refractivity contribution < 1.29 is 17.7 Å². The van der Waals surface area contributed by atoms with Gasteiger partial charge < -0.3 is 9.42 Å². The summed E-state index contributed by atoms with van der Waals surface area (Å²) < 4.78 is 30.1. The molecule has 8 heteroatoms. The lowest BCUT2D eigenvalue weighted by molar-refractivity contribution is -0.133. The van der Waals surface area contributed by atoms with Crippen molar-refractivity contribution in [2.24, 2.45) is 0 Å². The summed E-state index contributed by atoms with van der Waals surface area (Å²) in [5.74, 6) is 0.499. The van der Waals surface area contributed by atoms with E-state index in [2.05, 4.69) is 5.16 Å². The Balaban J connectivity index is 1.64. The summed E-state index contributed by atoms with van der Waals surface area (Å²) in [6.07, 6.45) is 0.175. The predicted octanol–water partition coefficient (Wildman–Crippen LogP) is 2.17. The molecule has 3 rings (SSSR count). The van der Waals surface area contributed by atoms with Gasteiger partial charge >= 0.3 is 0 Å². The van der Waals surface area contributed by atoms with Crippen LogP contribution < -0.4 is 0 Å². The molecule has 128 valence electrons. The minimum atomic E-state index is -3.45. The fraction of sp³-hybridized carbons (Fsp3) is 0.375. The monoisotopic (exact) mass is 368 g/mol. The van der Waals surface area contributed by atoms with E-state index >= 15 is 0 Å². The van der Waals surface area contributed by atoms with E-state index in [-0.39, 0.29) is 30.3 Å². The number of nitrogens with zero attached hydrogens (tertiary/aromatic N) is 2. The topological polar surface area (TPSA) is 80.5 Å². The van der Waals surface area contributed by atoms with Gasteiger partial charge in [0.15, 0.2) is 9.84 Å². The standard InChI is InChI=1S/C16H17ClN2O4S/c1-10-15(11(2)23-18-10)7-16(20)19-8-14(9-19)24(21,22)13-5-3-12(17)4-6-13/h3-6,14H,7-9H2,1-2H3. The Kier molecular flexibility index (Phi) is 4.40. The Labute approximate surface area is 145 Å². The molecule has 1 aliphatic rings. The highest BCUT2D eigenvalue weighted by atomic mass is 35.5. The Morgan fingerprint density at radius 3 is 2.46 bits per heavy atom. The van der Waals surface area contributed by atoms with Crippen LogP contribution in [-0.2, 0) is 21.1 Å². The number of hydrogen-bond acceptors (Lipinski definition) is 5. The van der Waals surface area contributed by atoms with Gasteiger partial charge in [0, 0.05) is 23.7 Å². The average molecular weight is 369 g/mol. The van der Waals surface area contributed by atoms with Gasteiger partial charge in [-0.1, -0.05) is 16.8 Å². The van der Waals surface area contributed by atoms with Gasteiger partial charge in [-0.15, -0.1) is 0 Å². The first-order chi connectivity index (χ1) is 11.3. The summed E-state index contributed by atoms with van der Waals surface area (Å²) in [5, 5.41) is 3.73. The molecule has 2 heterocycles. The maximum atomic E-state index is 12.5. The number of aromatic nitrogens is 1. The predicted molar refractivity (Wildman–Crippen MR) is 88.7 cm³/mol. The van der Waals surface area contributed by atoms with E-state index in [1.54, 1.807) is 30.9 Å². The first-order valence-electron chi connectivity index (χ1n) is 7.48. The molecular weight excluding hydrogens is 352 g/mol. The smallest absolute Gasteiger partial charge is 0.227 e. The fourth-order valence-electron chi connectivity index (χ4n) is 2.67. The largest absolute Gasteiger partial charge is 0.361 e. The van der Waals surface area contributed by atoms with Crippen LogP contribution >= 0.6 is 11.6 Å². The van der Waals surface area contributed by atoms with Crippen molar-refractivity contribution in [3.8, 4) is 0 Å². The third-order valence-corrected chi connectivity index (χ3v) is 6.65. The molecular formula is C16H17ClN2O4S. The fourth-order valence-corrected chi connectivity index (χ4v) is 4.45. The van der Waals surface area contributed by atoms with E-state index in [1.165, 1.54) is 12.1 Å². The molecule has 1 aliphatic heterocycles. The number of hydrogen-bond donors (Lipinski definition) is 0. The minimum absolute atomic E-state index is 0.119. The van der Waals surface area contributed by atoms with Crippen LogP contribution in [0.4, 0.5) is 0 Å². The molecule has 1 saturated heterocycles. The summed E-state index contributed by atoms with van der Waals surface area (Å²) in [6, 6.07) is 6.08. The highest BCUT2D eigenvalue weighted by Gasteiger charge is 2.40. The molecule has 0 aliphatic carbocycles. The van der Waals surface area contributed by atoms with Crippen LogP contribution in [0.3, 0.4) is 0 Å². The summed E-state index contributed by atoms with van der Waals surface area (Å²) >= 11 is 5.79. The maximum Gasteiger partial charge on any atom is 0.227 e. The summed E-state index contributed by atoms with van der Waals surface area (Å²) in [5.41, 5.74) is 1.45. The van der Waals surface area contributed by atoms with Crippen molar-refractivity contribution in [2.45, 2.75) is 30.4 Å². The molecule has 0 saturated carbocycles. The molecule has 0 bridgehead atoms. The molecule has 1 aromatic carbocycles. The van der Waals surface area contributed by atoms with Crippen molar-refractivity contribution in [2.75, 3.05) is 13.1 Å². The second-order valence-corrected chi connectivity index (χ2v) is 8.56. The number of carbonyl (C=O) groups is 1. The second kappa shape index (κ2) is 6.22. The van der Waals surface area contributed by atoms with Crippen molar-refractivity contribution in [1.29, 1.82) is 0 Å². The zero-order chi connectivity index (χ0) is 17.5. The van der Waals surface area contributed by atoms with Gasteiger partial charge in [0.25, 0.3) is 0 Å². The lowest BCUT2D eigenvalue weighted by Crippen LogP contribution is -2.57. The van der Waals surface area contributed by atoms with Crippen LogP contribution in [0, 0.1) is 13.8 Å². The lowest BCUT2D eigenvalue weighted by atomic mass is 10.1. The van der Waals surface area contributed by atoms with Gasteiger partial charge in [-0.2, -0.15) is 0 Å². The van der Waals surface area contributed by atoms with Crippen LogP contribution in [0.15, 0.2) is 33.7 Å². The van der Waals surface area contributed by atoms with E-state index in [0.717, 1.165) is 5.56 Å². The molecule has 0 spiro atoms. The SMILES string of the molecule is Cc1noc(C)c1CC(=O)N1CC(S(=O)(=O)c2ccc(Cl)cc2)C1. The molecule has 6 nitrogen and oxygen atoms in total. The van der Waals surface area contributed by atoms with Gasteiger partial charge in [0.05, 0.1) is 17.0 Å². The molecule has 0 radical (unpaired) electrons. The number of halogens is 1. The number of benzene rings is 1. The number of likely N-dealkylation sites (tertiary alicyclic amines) is 1. The van der Waals surface area contributed by atoms with E-state index in [9.17, 15) is 13.2 Å². The van der Waals surface area contributed by atoms with Crippen molar-refractivity contribution >= 4 is 27.3 Å². The van der Waals surface area contributed by atoms with Crippen molar-refractivity contribution in [3.63, 3.8) is 0 Å². The summed E-state index contributed by atoms with van der Waals surface area (Å²) in [6.45, 7) is 3.94. The molecule has 1 amide bonds. The number of rotatable bonds is 4. The first kappa shape index (κ1) is 17.0. The van der Waals surface area contributed by atoms with Crippen LogP contribution in [-0.4, -0.2) is 42.7 Å². The Hall–Kier alpha value is -1.86. The molecule has 0 N–H and O–H groups in total. The average Bonchev–Trinajstić information content (AvgIpc) is 2.78. The second-order valence-electron chi connectivity index (χ2n) is 5.90. The molecule has 2 aromatic rings. The van der Waals surface area contributed by atoms with E-state index in [4.69, 9.17) is 16.1 Å². The van der Waals surface area contributed by atoms with Crippen molar-refractivity contribution in [3.05, 3.63) is 46.3 Å². The van der Waals surface area contributed by atoms with E-state index in [1.807, 2.05) is 0 Å². The highest BCUT2D eigenvalue weighted by Crippen LogP contribution is 2.26. The van der Waals surface area contributed by atoms with Gasteiger partial charge in [0.2, 0.25) is 5.91 Å². The lowest BCUT2D eigenvalue weighted by Gasteiger charge is -2.38. The van der Waals surface area contributed by atoms with Crippen LogP contribution in [0.1, 0.15) is 17.0 Å². The summed E-state index contributed by atoms with van der Waals surface area (Å²) in [7, 11) is -3.45. The third kappa shape index (κ3) is 3.06.